The number of anilines is 1. The average molecular weight is 553 g/mol. The zero-order valence-electron chi connectivity index (χ0n) is 22.6. The van der Waals surface area contributed by atoms with E-state index < -0.39 is 17.7 Å². The molecule has 0 radical (unpaired) electrons. The number of rotatable bonds is 6. The minimum Gasteiger partial charge on any atom is -0.505 e. The molecule has 4 heterocycles. The van der Waals surface area contributed by atoms with Crippen molar-refractivity contribution in [1.82, 2.24) is 14.4 Å². The Hall–Kier alpha value is -4.50. The van der Waals surface area contributed by atoms with Gasteiger partial charge in [-0.25, -0.2) is 9.97 Å². The predicted octanol–water partition coefficient (Wildman–Crippen LogP) is 6.28. The minimum absolute atomic E-state index is 0.0303. The summed E-state index contributed by atoms with van der Waals surface area (Å²) in [7, 11) is 0. The smallest absolute Gasteiger partial charge is 0.301 e. The van der Waals surface area contributed by atoms with Gasteiger partial charge in [0.15, 0.2) is 10.9 Å². The zero-order chi connectivity index (χ0) is 28.1. The first-order chi connectivity index (χ1) is 19.3. The molecule has 0 saturated carbocycles. The topological polar surface area (TPSA) is 97.0 Å². The van der Waals surface area contributed by atoms with E-state index in [0.29, 0.717) is 34.4 Å². The van der Waals surface area contributed by atoms with Gasteiger partial charge in [0.1, 0.15) is 17.1 Å². The van der Waals surface area contributed by atoms with Crippen molar-refractivity contribution in [2.24, 2.45) is 0 Å². The molecule has 1 unspecified atom stereocenters. The van der Waals surface area contributed by atoms with Crippen LogP contribution in [0.2, 0.25) is 0 Å². The molecule has 0 bridgehead atoms. The quantitative estimate of drug-likeness (QED) is 0.151. The fourth-order valence-corrected chi connectivity index (χ4v) is 6.23. The van der Waals surface area contributed by atoms with Crippen molar-refractivity contribution in [2.45, 2.75) is 40.2 Å². The van der Waals surface area contributed by atoms with Gasteiger partial charge in [0.05, 0.1) is 34.1 Å². The van der Waals surface area contributed by atoms with Crippen LogP contribution in [0.4, 0.5) is 5.13 Å². The second-order valence-corrected chi connectivity index (χ2v) is 11.0. The molecule has 0 spiro atoms. The first-order valence-corrected chi connectivity index (χ1v) is 14.0. The molecule has 1 aliphatic heterocycles. The van der Waals surface area contributed by atoms with E-state index >= 15 is 0 Å². The molecule has 40 heavy (non-hydrogen) atoms. The molecule has 5 aromatic rings. The highest BCUT2D eigenvalue weighted by atomic mass is 32.1. The molecule has 202 valence electrons. The van der Waals surface area contributed by atoms with Gasteiger partial charge in [-0.05, 0) is 74.2 Å². The highest BCUT2D eigenvalue weighted by molar-refractivity contribution is 7.22. The highest BCUT2D eigenvalue weighted by Gasteiger charge is 2.48. The number of thiazole rings is 1. The van der Waals surface area contributed by atoms with Crippen LogP contribution in [0.25, 0.3) is 21.6 Å². The molecule has 1 N–H and O–H groups in total. The Balaban J connectivity index is 1.58. The van der Waals surface area contributed by atoms with Crippen LogP contribution in [0, 0.1) is 20.8 Å². The Morgan fingerprint density at radius 3 is 2.65 bits per heavy atom. The Morgan fingerprint density at radius 1 is 1.05 bits per heavy atom. The van der Waals surface area contributed by atoms with Crippen LogP contribution in [-0.2, 0) is 9.59 Å². The highest BCUT2D eigenvalue weighted by Crippen LogP contribution is 2.45. The normalized spacial score (nSPS) is 16.9. The van der Waals surface area contributed by atoms with E-state index in [9.17, 15) is 14.7 Å². The summed E-state index contributed by atoms with van der Waals surface area (Å²) in [5.41, 5.74) is 4.92. The summed E-state index contributed by atoms with van der Waals surface area (Å²) in [6, 6.07) is 16.1. The molecule has 8 nitrogen and oxygen atoms in total. The molecular weight excluding hydrogens is 524 g/mol. The van der Waals surface area contributed by atoms with E-state index in [0.717, 1.165) is 27.8 Å². The largest absolute Gasteiger partial charge is 0.505 e. The van der Waals surface area contributed by atoms with Crippen LogP contribution < -0.4 is 9.64 Å². The fourth-order valence-electron chi connectivity index (χ4n) is 5.14. The van der Waals surface area contributed by atoms with Gasteiger partial charge in [0.2, 0.25) is 0 Å². The van der Waals surface area contributed by atoms with E-state index in [1.54, 1.807) is 0 Å². The molecule has 1 amide bonds. The van der Waals surface area contributed by atoms with Crippen molar-refractivity contribution < 1.29 is 19.4 Å². The van der Waals surface area contributed by atoms with Gasteiger partial charge in [-0.3, -0.25) is 14.5 Å². The van der Waals surface area contributed by atoms with Crippen LogP contribution in [0.15, 0.2) is 66.4 Å². The molecule has 3 aromatic heterocycles. The maximum atomic E-state index is 13.7. The number of carbonyl (C=O) groups excluding carboxylic acids is 2. The van der Waals surface area contributed by atoms with Crippen LogP contribution in [0.3, 0.4) is 0 Å². The van der Waals surface area contributed by atoms with Gasteiger partial charge < -0.3 is 14.2 Å². The van der Waals surface area contributed by atoms with Crippen molar-refractivity contribution in [3.63, 3.8) is 0 Å². The summed E-state index contributed by atoms with van der Waals surface area (Å²) in [4.78, 5) is 38.2. The second-order valence-electron chi connectivity index (χ2n) is 9.99. The first-order valence-electron chi connectivity index (χ1n) is 13.1. The summed E-state index contributed by atoms with van der Waals surface area (Å²) in [5, 5.41) is 12.1. The molecule has 1 atom stereocenters. The Bertz CT molecular complexity index is 1850. The lowest BCUT2D eigenvalue weighted by molar-refractivity contribution is -0.132. The van der Waals surface area contributed by atoms with Gasteiger partial charge in [0.25, 0.3) is 5.78 Å². The van der Waals surface area contributed by atoms with Crippen LogP contribution >= 0.6 is 11.3 Å². The molecule has 1 saturated heterocycles. The number of hydrogen-bond donors (Lipinski definition) is 1. The van der Waals surface area contributed by atoms with Crippen molar-refractivity contribution in [1.29, 1.82) is 0 Å². The lowest BCUT2D eigenvalue weighted by atomic mass is 9.96. The van der Waals surface area contributed by atoms with Crippen molar-refractivity contribution >= 4 is 49.8 Å². The van der Waals surface area contributed by atoms with Gasteiger partial charge in [-0.2, -0.15) is 0 Å². The fraction of sp³-hybridized carbons (Fsp3) is 0.226. The van der Waals surface area contributed by atoms with E-state index in [2.05, 4.69) is 4.98 Å². The number of Topliss-reactive ketones (excluding diaryl/α,β-unsaturated/α-hetero) is 1. The molecule has 2 aromatic carbocycles. The van der Waals surface area contributed by atoms with Crippen molar-refractivity contribution in [3.8, 4) is 5.75 Å². The van der Waals surface area contributed by atoms with E-state index in [-0.39, 0.29) is 17.0 Å². The number of fused-ring (bicyclic) bond motifs is 2. The first kappa shape index (κ1) is 25.8. The van der Waals surface area contributed by atoms with Gasteiger partial charge >= 0.3 is 5.91 Å². The standard InChI is InChI=1S/C31H28N4O4S/c1-5-14-39-21-10-6-9-20(16-21)26-24(27(36)25-19(4)34-13-7-8-18(3)29(34)33-25)28(37)30(38)35(26)31-32-22-12-11-17(2)15-23(22)40-31/h6-13,15-16,26,36H,5,14H2,1-4H3/b27-24+. The third-order valence-corrected chi connectivity index (χ3v) is 8.16. The zero-order valence-corrected chi connectivity index (χ0v) is 23.5. The summed E-state index contributed by atoms with van der Waals surface area (Å²) in [6.07, 6.45) is 2.69. The molecular formula is C31H28N4O4S. The number of hydrogen-bond acceptors (Lipinski definition) is 7. The number of aliphatic hydroxyl groups excluding tert-OH is 1. The molecule has 1 fully saturated rings. The van der Waals surface area contributed by atoms with Gasteiger partial charge in [-0.1, -0.05) is 42.5 Å². The average Bonchev–Trinajstić information content (AvgIpc) is 3.59. The number of pyridine rings is 1. The Labute approximate surface area is 235 Å². The maximum absolute atomic E-state index is 13.7. The molecule has 9 heteroatoms. The summed E-state index contributed by atoms with van der Waals surface area (Å²) in [6.45, 7) is 8.30. The van der Waals surface area contributed by atoms with Gasteiger partial charge in [-0.15, -0.1) is 0 Å². The number of aromatic nitrogens is 3. The molecule has 6 rings (SSSR count). The van der Waals surface area contributed by atoms with Crippen LogP contribution in [-0.4, -0.2) is 37.8 Å². The summed E-state index contributed by atoms with van der Waals surface area (Å²) < 4.78 is 8.64. The second kappa shape index (κ2) is 9.91. The van der Waals surface area contributed by atoms with Crippen LogP contribution in [0.5, 0.6) is 5.75 Å². The number of aryl methyl sites for hydroxylation is 3. The monoisotopic (exact) mass is 552 g/mol. The predicted molar refractivity (Wildman–Crippen MR) is 156 cm³/mol. The van der Waals surface area contributed by atoms with E-state index in [4.69, 9.17) is 9.72 Å². The maximum Gasteiger partial charge on any atom is 0.301 e. The third kappa shape index (κ3) is 4.14. The third-order valence-electron chi connectivity index (χ3n) is 7.14. The number of imidazole rings is 1. The van der Waals surface area contributed by atoms with Gasteiger partial charge in [0, 0.05) is 6.20 Å². The number of ketones is 1. The minimum atomic E-state index is -0.919. The molecule has 0 aliphatic carbocycles. The van der Waals surface area contributed by atoms with E-state index in [1.807, 2.05) is 92.9 Å². The van der Waals surface area contributed by atoms with Crippen molar-refractivity contribution in [2.75, 3.05) is 11.5 Å². The number of carbonyl (C=O) groups is 2. The summed E-state index contributed by atoms with van der Waals surface area (Å²) in [5.74, 6) is -1.24. The number of ether oxygens (including phenoxy) is 1. The number of amides is 1. The number of benzene rings is 2. The number of nitrogens with zero attached hydrogens (tertiary/aromatic N) is 4. The lowest BCUT2D eigenvalue weighted by Gasteiger charge is -2.23. The SMILES string of the molecule is CCCOc1cccc(C2/C(=C(\O)c3nc4c(C)cccn4c3C)C(=O)C(=O)N2c2nc3ccc(C)cc3s2)c1. The Morgan fingerprint density at radius 2 is 1.88 bits per heavy atom. The Kier molecular flexibility index (Phi) is 6.38. The summed E-state index contributed by atoms with van der Waals surface area (Å²) >= 11 is 1.34. The number of aliphatic hydroxyl groups is 1. The van der Waals surface area contributed by atoms with Crippen LogP contribution in [0.1, 0.15) is 47.5 Å². The lowest BCUT2D eigenvalue weighted by Crippen LogP contribution is -2.29. The molecule has 1 aliphatic rings. The van der Waals surface area contributed by atoms with Crippen molar-refractivity contribution in [3.05, 3.63) is 94.4 Å². The van der Waals surface area contributed by atoms with E-state index in [1.165, 1.54) is 16.2 Å².